The van der Waals surface area contributed by atoms with E-state index < -0.39 is 6.04 Å². The van der Waals surface area contributed by atoms with Crippen molar-refractivity contribution in [2.45, 2.75) is 19.0 Å². The first-order valence-electron chi connectivity index (χ1n) is 6.51. The SMILES string of the molecule is COC(=O)C(C)NC(c1ccccc1)c1ccncc1. The van der Waals surface area contributed by atoms with Crippen LogP contribution in [0, 0.1) is 0 Å². The number of aromatic nitrogens is 1. The Kier molecular flexibility index (Phi) is 4.85. The van der Waals surface area contributed by atoms with Crippen LogP contribution in [0.3, 0.4) is 0 Å². The summed E-state index contributed by atoms with van der Waals surface area (Å²) in [4.78, 5) is 15.6. The molecule has 0 radical (unpaired) electrons. The molecule has 4 nitrogen and oxygen atoms in total. The van der Waals surface area contributed by atoms with Crippen molar-refractivity contribution in [3.63, 3.8) is 0 Å². The molecule has 1 N–H and O–H groups in total. The number of hydrogen-bond donors (Lipinski definition) is 1. The molecule has 1 aromatic heterocycles. The first-order chi connectivity index (χ1) is 9.72. The average Bonchev–Trinajstić information content (AvgIpc) is 2.53. The molecule has 0 amide bonds. The van der Waals surface area contributed by atoms with Crippen LogP contribution in [0.5, 0.6) is 0 Å². The normalized spacial score (nSPS) is 13.5. The second-order valence-electron chi connectivity index (χ2n) is 4.54. The maximum atomic E-state index is 11.6. The number of methoxy groups -OCH3 is 1. The van der Waals surface area contributed by atoms with E-state index in [0.717, 1.165) is 11.1 Å². The van der Waals surface area contributed by atoms with E-state index in [-0.39, 0.29) is 12.0 Å². The molecular formula is C16H18N2O2. The summed E-state index contributed by atoms with van der Waals surface area (Å²) in [5.41, 5.74) is 2.15. The summed E-state index contributed by atoms with van der Waals surface area (Å²) in [6.07, 6.45) is 3.49. The molecule has 104 valence electrons. The van der Waals surface area contributed by atoms with E-state index in [1.807, 2.05) is 42.5 Å². The lowest BCUT2D eigenvalue weighted by molar-refractivity contribution is -0.142. The Morgan fingerprint density at radius 3 is 2.30 bits per heavy atom. The van der Waals surface area contributed by atoms with E-state index in [1.54, 1.807) is 19.3 Å². The summed E-state index contributed by atoms with van der Waals surface area (Å²) < 4.78 is 4.77. The number of esters is 1. The number of benzene rings is 1. The third-order valence-corrected chi connectivity index (χ3v) is 3.14. The van der Waals surface area contributed by atoms with Crippen LogP contribution in [-0.4, -0.2) is 24.1 Å². The molecule has 20 heavy (non-hydrogen) atoms. The summed E-state index contributed by atoms with van der Waals surface area (Å²) in [6.45, 7) is 1.79. The molecule has 0 aliphatic carbocycles. The molecule has 0 fully saturated rings. The Bertz CT molecular complexity index is 503. The van der Waals surface area contributed by atoms with E-state index in [2.05, 4.69) is 10.3 Å². The summed E-state index contributed by atoms with van der Waals surface area (Å²) in [6, 6.07) is 13.4. The van der Waals surface area contributed by atoms with Gasteiger partial charge >= 0.3 is 5.97 Å². The first kappa shape index (κ1) is 14.2. The molecular weight excluding hydrogens is 252 g/mol. The lowest BCUT2D eigenvalue weighted by Crippen LogP contribution is -2.38. The molecule has 0 saturated carbocycles. The van der Waals surface area contributed by atoms with Gasteiger partial charge in [0.1, 0.15) is 6.04 Å². The van der Waals surface area contributed by atoms with Gasteiger partial charge < -0.3 is 4.74 Å². The van der Waals surface area contributed by atoms with Crippen molar-refractivity contribution < 1.29 is 9.53 Å². The zero-order valence-electron chi connectivity index (χ0n) is 11.6. The minimum absolute atomic E-state index is 0.0756. The van der Waals surface area contributed by atoms with Gasteiger partial charge in [-0.1, -0.05) is 30.3 Å². The number of ether oxygens (including phenoxy) is 1. The molecule has 2 unspecified atom stereocenters. The fourth-order valence-corrected chi connectivity index (χ4v) is 2.08. The van der Waals surface area contributed by atoms with Crippen LogP contribution in [0.15, 0.2) is 54.9 Å². The van der Waals surface area contributed by atoms with Crippen molar-refractivity contribution in [3.8, 4) is 0 Å². The molecule has 2 atom stereocenters. The van der Waals surface area contributed by atoms with Gasteiger partial charge in [-0.3, -0.25) is 15.1 Å². The predicted molar refractivity (Wildman–Crippen MR) is 77.1 cm³/mol. The Morgan fingerprint density at radius 1 is 1.10 bits per heavy atom. The quantitative estimate of drug-likeness (QED) is 0.847. The highest BCUT2D eigenvalue weighted by Gasteiger charge is 2.20. The van der Waals surface area contributed by atoms with E-state index in [9.17, 15) is 4.79 Å². The fraction of sp³-hybridized carbons (Fsp3) is 0.250. The molecule has 4 heteroatoms. The van der Waals surface area contributed by atoms with Gasteiger partial charge in [0.25, 0.3) is 0 Å². The fourth-order valence-electron chi connectivity index (χ4n) is 2.08. The minimum atomic E-state index is -0.390. The number of nitrogens with zero attached hydrogens (tertiary/aromatic N) is 1. The Hall–Kier alpha value is -2.20. The maximum Gasteiger partial charge on any atom is 0.322 e. The molecule has 1 heterocycles. The molecule has 2 rings (SSSR count). The van der Waals surface area contributed by atoms with Crippen molar-refractivity contribution in [3.05, 3.63) is 66.0 Å². The summed E-state index contributed by atoms with van der Waals surface area (Å²) >= 11 is 0. The highest BCUT2D eigenvalue weighted by Crippen LogP contribution is 2.22. The summed E-state index contributed by atoms with van der Waals surface area (Å²) in [7, 11) is 1.39. The predicted octanol–water partition coefficient (Wildman–Crippen LogP) is 2.32. The average molecular weight is 270 g/mol. The summed E-state index contributed by atoms with van der Waals surface area (Å²) in [5.74, 6) is -0.278. The first-order valence-corrected chi connectivity index (χ1v) is 6.51. The standard InChI is InChI=1S/C16H18N2O2/c1-12(16(19)20-2)18-15(13-6-4-3-5-7-13)14-8-10-17-11-9-14/h3-12,15,18H,1-2H3. The topological polar surface area (TPSA) is 51.2 Å². The Morgan fingerprint density at radius 2 is 1.70 bits per heavy atom. The zero-order chi connectivity index (χ0) is 14.4. The lowest BCUT2D eigenvalue weighted by Gasteiger charge is -2.23. The van der Waals surface area contributed by atoms with Gasteiger partial charge in [-0.25, -0.2) is 0 Å². The third-order valence-electron chi connectivity index (χ3n) is 3.14. The van der Waals surface area contributed by atoms with Crippen molar-refractivity contribution in [2.75, 3.05) is 7.11 Å². The van der Waals surface area contributed by atoms with Crippen LogP contribution >= 0.6 is 0 Å². The molecule has 0 aliphatic rings. The van der Waals surface area contributed by atoms with Crippen molar-refractivity contribution in [1.29, 1.82) is 0 Å². The van der Waals surface area contributed by atoms with E-state index in [1.165, 1.54) is 7.11 Å². The maximum absolute atomic E-state index is 11.6. The smallest absolute Gasteiger partial charge is 0.322 e. The van der Waals surface area contributed by atoms with Crippen molar-refractivity contribution in [2.24, 2.45) is 0 Å². The van der Waals surface area contributed by atoms with Crippen LogP contribution in [0.1, 0.15) is 24.1 Å². The number of pyridine rings is 1. The second kappa shape index (κ2) is 6.82. The molecule has 2 aromatic rings. The van der Waals surface area contributed by atoms with Crippen molar-refractivity contribution in [1.82, 2.24) is 10.3 Å². The van der Waals surface area contributed by atoms with Gasteiger partial charge in [0.15, 0.2) is 0 Å². The van der Waals surface area contributed by atoms with Gasteiger partial charge in [-0.05, 0) is 30.2 Å². The monoisotopic (exact) mass is 270 g/mol. The van der Waals surface area contributed by atoms with Crippen LogP contribution in [0.2, 0.25) is 0 Å². The van der Waals surface area contributed by atoms with Gasteiger partial charge in [0.2, 0.25) is 0 Å². The molecule has 0 saturated heterocycles. The molecule has 0 bridgehead atoms. The second-order valence-corrected chi connectivity index (χ2v) is 4.54. The lowest BCUT2D eigenvalue weighted by atomic mass is 9.99. The van der Waals surface area contributed by atoms with Gasteiger partial charge in [-0.15, -0.1) is 0 Å². The van der Waals surface area contributed by atoms with Crippen LogP contribution in [0.25, 0.3) is 0 Å². The summed E-state index contributed by atoms with van der Waals surface area (Å²) in [5, 5.41) is 3.30. The van der Waals surface area contributed by atoms with Crippen LogP contribution < -0.4 is 5.32 Å². The van der Waals surface area contributed by atoms with Gasteiger partial charge in [-0.2, -0.15) is 0 Å². The number of rotatable bonds is 5. The number of nitrogens with one attached hydrogen (secondary N) is 1. The number of carbonyl (C=O) groups excluding carboxylic acids is 1. The minimum Gasteiger partial charge on any atom is -0.468 e. The van der Waals surface area contributed by atoms with Crippen molar-refractivity contribution >= 4 is 5.97 Å². The Labute approximate surface area is 118 Å². The van der Waals surface area contributed by atoms with Crippen LogP contribution in [-0.2, 0) is 9.53 Å². The van der Waals surface area contributed by atoms with Gasteiger partial charge in [0, 0.05) is 12.4 Å². The Balaban J connectivity index is 2.28. The molecule has 0 spiro atoms. The van der Waals surface area contributed by atoms with E-state index in [0.29, 0.717) is 0 Å². The molecule has 1 aromatic carbocycles. The van der Waals surface area contributed by atoms with Crippen LogP contribution in [0.4, 0.5) is 0 Å². The highest BCUT2D eigenvalue weighted by molar-refractivity contribution is 5.75. The van der Waals surface area contributed by atoms with Gasteiger partial charge in [0.05, 0.1) is 13.2 Å². The third kappa shape index (κ3) is 3.42. The number of carbonyl (C=O) groups is 1. The highest BCUT2D eigenvalue weighted by atomic mass is 16.5. The number of hydrogen-bond acceptors (Lipinski definition) is 4. The largest absolute Gasteiger partial charge is 0.468 e. The van der Waals surface area contributed by atoms with E-state index in [4.69, 9.17) is 4.74 Å². The zero-order valence-corrected chi connectivity index (χ0v) is 11.6. The van der Waals surface area contributed by atoms with E-state index >= 15 is 0 Å². The molecule has 0 aliphatic heterocycles.